The van der Waals surface area contributed by atoms with Crippen LogP contribution in [0.15, 0.2) is 24.3 Å². The van der Waals surface area contributed by atoms with E-state index in [-0.39, 0.29) is 24.7 Å². The van der Waals surface area contributed by atoms with Crippen LogP contribution in [0.5, 0.6) is 0 Å². The van der Waals surface area contributed by atoms with Crippen molar-refractivity contribution in [2.45, 2.75) is 38.5 Å². The highest BCUT2D eigenvalue weighted by molar-refractivity contribution is 5.78. The number of benzene rings is 1. The van der Waals surface area contributed by atoms with Crippen LogP contribution in [0.25, 0.3) is 0 Å². The standard InChI is InChI=1S/C18H24N2O2/c1-13-4-2-3-5-15(13)9-19-10-16-17(11-19)22-12-18(21)20(16)8-14-6-7-14/h2-5,14,16-17H,6-12H2,1H3/t16-,17+/m1/s1. The van der Waals surface area contributed by atoms with Crippen molar-refractivity contribution < 1.29 is 9.53 Å². The summed E-state index contributed by atoms with van der Waals surface area (Å²) in [6.07, 6.45) is 2.77. The maximum Gasteiger partial charge on any atom is 0.248 e. The minimum absolute atomic E-state index is 0.186. The van der Waals surface area contributed by atoms with Gasteiger partial charge in [-0.3, -0.25) is 9.69 Å². The number of likely N-dealkylation sites (tertiary alicyclic amines) is 1. The summed E-state index contributed by atoms with van der Waals surface area (Å²) in [5.74, 6) is 0.930. The topological polar surface area (TPSA) is 32.8 Å². The highest BCUT2D eigenvalue weighted by Gasteiger charge is 2.44. The zero-order chi connectivity index (χ0) is 15.1. The second-order valence-corrected chi connectivity index (χ2v) is 7.03. The minimum atomic E-state index is 0.186. The highest BCUT2D eigenvalue weighted by atomic mass is 16.5. The van der Waals surface area contributed by atoms with E-state index in [9.17, 15) is 4.79 Å². The van der Waals surface area contributed by atoms with E-state index in [4.69, 9.17) is 4.74 Å². The van der Waals surface area contributed by atoms with Gasteiger partial charge in [-0.1, -0.05) is 24.3 Å². The number of nitrogens with zero attached hydrogens (tertiary/aromatic N) is 2. The molecule has 4 nitrogen and oxygen atoms in total. The van der Waals surface area contributed by atoms with Gasteiger partial charge in [0.2, 0.25) is 5.91 Å². The van der Waals surface area contributed by atoms with Gasteiger partial charge in [-0.05, 0) is 36.8 Å². The van der Waals surface area contributed by atoms with Crippen molar-refractivity contribution in [3.8, 4) is 0 Å². The Bertz CT molecular complexity index is 570. The van der Waals surface area contributed by atoms with E-state index < -0.39 is 0 Å². The summed E-state index contributed by atoms with van der Waals surface area (Å²) in [6, 6.07) is 8.81. The van der Waals surface area contributed by atoms with Crippen LogP contribution in [-0.4, -0.2) is 54.1 Å². The Labute approximate surface area is 132 Å². The number of carbonyl (C=O) groups excluding carboxylic acids is 1. The van der Waals surface area contributed by atoms with Gasteiger partial charge in [0.15, 0.2) is 0 Å². The molecule has 1 amide bonds. The quantitative estimate of drug-likeness (QED) is 0.850. The van der Waals surface area contributed by atoms with E-state index in [0.717, 1.165) is 32.1 Å². The molecule has 2 atom stereocenters. The molecule has 1 aromatic carbocycles. The Balaban J connectivity index is 1.45. The van der Waals surface area contributed by atoms with Crippen LogP contribution < -0.4 is 0 Å². The van der Waals surface area contributed by atoms with Crippen LogP contribution in [0.2, 0.25) is 0 Å². The number of amides is 1. The molecule has 4 rings (SSSR count). The maximum atomic E-state index is 12.2. The molecule has 22 heavy (non-hydrogen) atoms. The van der Waals surface area contributed by atoms with Crippen LogP contribution in [0.4, 0.5) is 0 Å². The lowest BCUT2D eigenvalue weighted by Crippen LogP contribution is -2.54. The zero-order valence-corrected chi connectivity index (χ0v) is 13.2. The first kappa shape index (κ1) is 14.2. The average Bonchev–Trinajstić information content (AvgIpc) is 3.23. The number of hydrogen-bond acceptors (Lipinski definition) is 3. The zero-order valence-electron chi connectivity index (χ0n) is 13.2. The largest absolute Gasteiger partial charge is 0.365 e. The van der Waals surface area contributed by atoms with Crippen LogP contribution >= 0.6 is 0 Å². The van der Waals surface area contributed by atoms with Crippen molar-refractivity contribution in [3.05, 3.63) is 35.4 Å². The van der Waals surface area contributed by atoms with Gasteiger partial charge in [-0.25, -0.2) is 0 Å². The molecule has 0 aromatic heterocycles. The third-order valence-corrected chi connectivity index (χ3v) is 5.26. The first-order valence-corrected chi connectivity index (χ1v) is 8.38. The lowest BCUT2D eigenvalue weighted by Gasteiger charge is -2.36. The summed E-state index contributed by atoms with van der Waals surface area (Å²) in [5.41, 5.74) is 2.71. The van der Waals surface area contributed by atoms with E-state index in [2.05, 4.69) is 41.0 Å². The maximum absolute atomic E-state index is 12.2. The smallest absolute Gasteiger partial charge is 0.248 e. The lowest BCUT2D eigenvalue weighted by molar-refractivity contribution is -0.153. The molecule has 3 fully saturated rings. The molecular weight excluding hydrogens is 276 g/mol. The van der Waals surface area contributed by atoms with Crippen LogP contribution in [-0.2, 0) is 16.1 Å². The summed E-state index contributed by atoms with van der Waals surface area (Å²) in [6.45, 7) is 6.21. The average molecular weight is 300 g/mol. The molecular formula is C18H24N2O2. The predicted molar refractivity (Wildman–Crippen MR) is 84.4 cm³/mol. The van der Waals surface area contributed by atoms with Gasteiger partial charge in [-0.2, -0.15) is 0 Å². The molecule has 118 valence electrons. The van der Waals surface area contributed by atoms with Crippen molar-refractivity contribution in [1.29, 1.82) is 0 Å². The van der Waals surface area contributed by atoms with Crippen molar-refractivity contribution in [1.82, 2.24) is 9.80 Å². The van der Waals surface area contributed by atoms with E-state index in [1.807, 2.05) is 0 Å². The van der Waals surface area contributed by atoms with Gasteiger partial charge >= 0.3 is 0 Å². The summed E-state index contributed by atoms with van der Waals surface area (Å²) in [4.78, 5) is 16.8. The van der Waals surface area contributed by atoms with Crippen LogP contribution in [0.1, 0.15) is 24.0 Å². The fourth-order valence-corrected chi connectivity index (χ4v) is 3.72. The number of rotatable bonds is 4. The number of fused-ring (bicyclic) bond motifs is 1. The number of morpholine rings is 1. The first-order chi connectivity index (χ1) is 10.7. The molecule has 2 heterocycles. The van der Waals surface area contributed by atoms with Gasteiger partial charge in [0.05, 0.1) is 12.1 Å². The molecule has 2 saturated heterocycles. The molecule has 1 aliphatic carbocycles. The van der Waals surface area contributed by atoms with Crippen LogP contribution in [0.3, 0.4) is 0 Å². The van der Waals surface area contributed by atoms with Gasteiger partial charge < -0.3 is 9.64 Å². The molecule has 1 saturated carbocycles. The van der Waals surface area contributed by atoms with Crippen molar-refractivity contribution in [2.24, 2.45) is 5.92 Å². The van der Waals surface area contributed by atoms with Crippen molar-refractivity contribution >= 4 is 5.91 Å². The molecule has 0 spiro atoms. The monoisotopic (exact) mass is 300 g/mol. The minimum Gasteiger partial charge on any atom is -0.365 e. The SMILES string of the molecule is Cc1ccccc1CN1C[C@@H]2OCC(=O)N(CC3CC3)[C@@H]2C1. The van der Waals surface area contributed by atoms with Crippen LogP contribution in [0, 0.1) is 12.8 Å². The number of carbonyl (C=O) groups is 1. The Morgan fingerprint density at radius 2 is 2.05 bits per heavy atom. The number of hydrogen-bond donors (Lipinski definition) is 0. The Morgan fingerprint density at radius 3 is 2.82 bits per heavy atom. The summed E-state index contributed by atoms with van der Waals surface area (Å²) in [5, 5.41) is 0. The molecule has 0 N–H and O–H groups in total. The summed E-state index contributed by atoms with van der Waals surface area (Å²) < 4.78 is 5.81. The normalized spacial score (nSPS) is 29.0. The fourth-order valence-electron chi connectivity index (χ4n) is 3.72. The summed E-state index contributed by atoms with van der Waals surface area (Å²) >= 11 is 0. The second-order valence-electron chi connectivity index (χ2n) is 7.03. The third kappa shape index (κ3) is 2.77. The summed E-state index contributed by atoms with van der Waals surface area (Å²) in [7, 11) is 0. The molecule has 4 heteroatoms. The number of ether oxygens (including phenoxy) is 1. The van der Waals surface area contributed by atoms with Crippen molar-refractivity contribution in [2.75, 3.05) is 26.2 Å². The Hall–Kier alpha value is -1.39. The van der Waals surface area contributed by atoms with Crippen molar-refractivity contribution in [3.63, 3.8) is 0 Å². The molecule has 2 aliphatic heterocycles. The van der Waals surface area contributed by atoms with E-state index in [1.165, 1.54) is 24.0 Å². The Morgan fingerprint density at radius 1 is 1.23 bits per heavy atom. The predicted octanol–water partition coefficient (Wildman–Crippen LogP) is 1.82. The lowest BCUT2D eigenvalue weighted by atomic mass is 10.1. The number of aryl methyl sites for hydroxylation is 1. The fraction of sp³-hybridized carbons (Fsp3) is 0.611. The van der Waals surface area contributed by atoms with Gasteiger partial charge in [0, 0.05) is 26.2 Å². The molecule has 0 unspecified atom stereocenters. The molecule has 0 radical (unpaired) electrons. The molecule has 1 aromatic rings. The van der Waals surface area contributed by atoms with E-state index >= 15 is 0 Å². The second kappa shape index (κ2) is 5.67. The molecule has 0 bridgehead atoms. The third-order valence-electron chi connectivity index (χ3n) is 5.26. The molecule has 3 aliphatic rings. The highest BCUT2D eigenvalue weighted by Crippen LogP contribution is 2.33. The van der Waals surface area contributed by atoms with Gasteiger partial charge in [0.25, 0.3) is 0 Å². The van der Waals surface area contributed by atoms with Gasteiger partial charge in [0.1, 0.15) is 6.61 Å². The van der Waals surface area contributed by atoms with E-state index in [1.54, 1.807) is 0 Å². The first-order valence-electron chi connectivity index (χ1n) is 8.38. The Kier molecular flexibility index (Phi) is 3.66. The van der Waals surface area contributed by atoms with Gasteiger partial charge in [-0.15, -0.1) is 0 Å². The van der Waals surface area contributed by atoms with E-state index in [0.29, 0.717) is 0 Å².